The molecule has 1 N–H and O–H groups in total. The summed E-state index contributed by atoms with van der Waals surface area (Å²) in [6, 6.07) is 21.9. The maximum absolute atomic E-state index is 13.6. The number of benzene rings is 3. The van der Waals surface area contributed by atoms with Gasteiger partial charge >= 0.3 is 6.18 Å². The SMILES string of the molecule is CC(C)N(CC(=O)N(CCc1c[nH]c2ccccc12)Cc1ccc(C(F)(F)F)cc1)C(=O)COCc1ccccc1. The molecule has 0 saturated carbocycles. The summed E-state index contributed by atoms with van der Waals surface area (Å²) in [7, 11) is 0. The highest BCUT2D eigenvalue weighted by molar-refractivity contribution is 5.86. The normalized spacial score (nSPS) is 11.7. The molecule has 2 amide bonds. The van der Waals surface area contributed by atoms with E-state index in [1.807, 2.05) is 74.6 Å². The van der Waals surface area contributed by atoms with Crippen LogP contribution < -0.4 is 0 Å². The number of nitrogens with one attached hydrogen (secondary N) is 1. The fourth-order valence-corrected chi connectivity index (χ4v) is 4.62. The minimum Gasteiger partial charge on any atom is -0.367 e. The molecule has 0 aliphatic heterocycles. The average Bonchev–Trinajstić information content (AvgIpc) is 3.37. The van der Waals surface area contributed by atoms with Crippen molar-refractivity contribution in [1.29, 1.82) is 0 Å². The number of nitrogens with zero attached hydrogens (tertiary/aromatic N) is 2. The zero-order valence-electron chi connectivity index (χ0n) is 23.2. The van der Waals surface area contributed by atoms with E-state index in [-0.39, 0.29) is 44.2 Å². The van der Waals surface area contributed by atoms with E-state index in [1.54, 1.807) is 4.90 Å². The maximum atomic E-state index is 13.6. The number of carbonyl (C=O) groups is 2. The van der Waals surface area contributed by atoms with E-state index in [9.17, 15) is 22.8 Å². The maximum Gasteiger partial charge on any atom is 0.416 e. The first-order chi connectivity index (χ1) is 19.6. The Morgan fingerprint density at radius 3 is 2.24 bits per heavy atom. The molecule has 0 aliphatic carbocycles. The summed E-state index contributed by atoms with van der Waals surface area (Å²) in [5.74, 6) is -0.606. The predicted molar refractivity (Wildman–Crippen MR) is 152 cm³/mol. The lowest BCUT2D eigenvalue weighted by atomic mass is 10.1. The third-order valence-electron chi connectivity index (χ3n) is 6.92. The van der Waals surface area contributed by atoms with E-state index in [0.717, 1.165) is 34.2 Å². The number of aromatic nitrogens is 1. The molecule has 0 fully saturated rings. The first-order valence-electron chi connectivity index (χ1n) is 13.5. The van der Waals surface area contributed by atoms with Crippen molar-refractivity contribution in [3.8, 4) is 0 Å². The van der Waals surface area contributed by atoms with Crippen LogP contribution in [-0.2, 0) is 40.1 Å². The van der Waals surface area contributed by atoms with Gasteiger partial charge in [-0.05, 0) is 55.2 Å². The molecule has 3 aromatic carbocycles. The Morgan fingerprint density at radius 2 is 1.56 bits per heavy atom. The molecule has 4 aromatic rings. The van der Waals surface area contributed by atoms with E-state index < -0.39 is 11.7 Å². The number of H-pyrrole nitrogens is 1. The number of halogens is 3. The first kappa shape index (κ1) is 29.9. The van der Waals surface area contributed by atoms with Gasteiger partial charge in [-0.15, -0.1) is 0 Å². The fourth-order valence-electron chi connectivity index (χ4n) is 4.62. The number of rotatable bonds is 12. The van der Waals surface area contributed by atoms with Crippen molar-refractivity contribution in [3.05, 3.63) is 107 Å². The van der Waals surface area contributed by atoms with Crippen LogP contribution in [0.4, 0.5) is 13.2 Å². The van der Waals surface area contributed by atoms with E-state index in [2.05, 4.69) is 4.98 Å². The van der Waals surface area contributed by atoms with Gasteiger partial charge in [0.05, 0.1) is 12.2 Å². The van der Waals surface area contributed by atoms with Crippen LogP contribution in [0.1, 0.15) is 36.1 Å². The van der Waals surface area contributed by atoms with Crippen molar-refractivity contribution in [1.82, 2.24) is 14.8 Å². The second-order valence-corrected chi connectivity index (χ2v) is 10.2. The Bertz CT molecular complexity index is 1430. The fraction of sp³-hybridized carbons (Fsp3) is 0.312. The minimum absolute atomic E-state index is 0.115. The molecule has 6 nitrogen and oxygen atoms in total. The summed E-state index contributed by atoms with van der Waals surface area (Å²) in [6.07, 6.45) is -2.00. The number of aromatic amines is 1. The van der Waals surface area contributed by atoms with Crippen molar-refractivity contribution in [3.63, 3.8) is 0 Å². The quantitative estimate of drug-likeness (QED) is 0.222. The van der Waals surface area contributed by atoms with Gasteiger partial charge in [0.2, 0.25) is 11.8 Å². The predicted octanol–water partition coefficient (Wildman–Crippen LogP) is 6.21. The van der Waals surface area contributed by atoms with Crippen LogP contribution in [0.5, 0.6) is 0 Å². The lowest BCUT2D eigenvalue weighted by Gasteiger charge is -2.30. The van der Waals surface area contributed by atoms with Crippen LogP contribution in [0, 0.1) is 0 Å². The monoisotopic (exact) mass is 565 g/mol. The van der Waals surface area contributed by atoms with E-state index in [4.69, 9.17) is 4.74 Å². The molecule has 1 aromatic heterocycles. The second kappa shape index (κ2) is 13.5. The highest BCUT2D eigenvalue weighted by Crippen LogP contribution is 2.29. The molecular formula is C32H34F3N3O3. The number of ether oxygens (including phenoxy) is 1. The van der Waals surface area contributed by atoms with Gasteiger partial charge in [-0.2, -0.15) is 13.2 Å². The van der Waals surface area contributed by atoms with Crippen molar-refractivity contribution in [2.45, 2.75) is 45.6 Å². The number of para-hydroxylation sites is 1. The molecule has 0 aliphatic rings. The number of fused-ring (bicyclic) bond motifs is 1. The molecular weight excluding hydrogens is 531 g/mol. The van der Waals surface area contributed by atoms with Crippen LogP contribution in [-0.4, -0.2) is 52.3 Å². The first-order valence-corrected chi connectivity index (χ1v) is 13.5. The number of hydrogen-bond donors (Lipinski definition) is 1. The van der Waals surface area contributed by atoms with Crippen molar-refractivity contribution in [2.24, 2.45) is 0 Å². The Hall–Kier alpha value is -4.11. The molecule has 0 spiro atoms. The van der Waals surface area contributed by atoms with E-state index in [0.29, 0.717) is 18.5 Å². The third kappa shape index (κ3) is 8.20. The highest BCUT2D eigenvalue weighted by Gasteiger charge is 2.30. The molecule has 0 radical (unpaired) electrons. The summed E-state index contributed by atoms with van der Waals surface area (Å²) >= 11 is 0. The van der Waals surface area contributed by atoms with Gasteiger partial charge < -0.3 is 19.5 Å². The lowest BCUT2D eigenvalue weighted by molar-refractivity contribution is -0.145. The van der Waals surface area contributed by atoms with Crippen molar-refractivity contribution < 1.29 is 27.5 Å². The zero-order chi connectivity index (χ0) is 29.4. The molecule has 4 rings (SSSR count). The number of carbonyl (C=O) groups excluding carboxylic acids is 2. The summed E-state index contributed by atoms with van der Waals surface area (Å²) in [4.78, 5) is 32.9. The Balaban J connectivity index is 1.46. The van der Waals surface area contributed by atoms with Crippen molar-refractivity contribution >= 4 is 22.7 Å². The summed E-state index contributed by atoms with van der Waals surface area (Å²) < 4.78 is 44.9. The van der Waals surface area contributed by atoms with Crippen LogP contribution >= 0.6 is 0 Å². The standard InChI is InChI=1S/C32H34F3N3O3/c1-23(2)38(31(40)22-41-21-25-8-4-3-5-9-25)20-30(39)37(19-24-12-14-27(15-13-24)32(33,34)35)17-16-26-18-36-29-11-7-6-10-28(26)29/h3-15,18,23,36H,16-17,19-22H2,1-2H3. The summed E-state index contributed by atoms with van der Waals surface area (Å²) in [6.45, 7) is 4.03. The van der Waals surface area contributed by atoms with Gasteiger partial charge in [-0.3, -0.25) is 9.59 Å². The van der Waals surface area contributed by atoms with Gasteiger partial charge in [-0.1, -0.05) is 60.7 Å². The van der Waals surface area contributed by atoms with Crippen LogP contribution in [0.15, 0.2) is 85.1 Å². The molecule has 0 atom stereocenters. The van der Waals surface area contributed by atoms with E-state index >= 15 is 0 Å². The average molecular weight is 566 g/mol. The Morgan fingerprint density at radius 1 is 0.878 bits per heavy atom. The molecule has 41 heavy (non-hydrogen) atoms. The molecule has 0 unspecified atom stereocenters. The zero-order valence-corrected chi connectivity index (χ0v) is 23.2. The van der Waals surface area contributed by atoms with Gasteiger partial charge in [0, 0.05) is 36.2 Å². The molecule has 0 saturated heterocycles. The van der Waals surface area contributed by atoms with Gasteiger partial charge in [-0.25, -0.2) is 0 Å². The molecule has 0 bridgehead atoms. The van der Waals surface area contributed by atoms with Crippen molar-refractivity contribution in [2.75, 3.05) is 19.7 Å². The number of amides is 2. The third-order valence-corrected chi connectivity index (χ3v) is 6.92. The van der Waals surface area contributed by atoms with E-state index in [1.165, 1.54) is 17.0 Å². The topological polar surface area (TPSA) is 65.6 Å². The van der Waals surface area contributed by atoms with Crippen LogP contribution in [0.25, 0.3) is 10.9 Å². The molecule has 9 heteroatoms. The summed E-state index contributed by atoms with van der Waals surface area (Å²) in [5.41, 5.74) is 2.77. The van der Waals surface area contributed by atoms with Crippen LogP contribution in [0.2, 0.25) is 0 Å². The second-order valence-electron chi connectivity index (χ2n) is 10.2. The Labute approximate surface area is 237 Å². The Kier molecular flexibility index (Phi) is 9.83. The largest absolute Gasteiger partial charge is 0.416 e. The minimum atomic E-state index is -4.44. The molecule has 216 valence electrons. The molecule has 1 heterocycles. The lowest BCUT2D eigenvalue weighted by Crippen LogP contribution is -2.47. The van der Waals surface area contributed by atoms with Gasteiger partial charge in [0.1, 0.15) is 13.2 Å². The van der Waals surface area contributed by atoms with Gasteiger partial charge in [0.15, 0.2) is 0 Å². The van der Waals surface area contributed by atoms with Gasteiger partial charge in [0.25, 0.3) is 0 Å². The number of hydrogen-bond acceptors (Lipinski definition) is 3. The van der Waals surface area contributed by atoms with Crippen LogP contribution in [0.3, 0.4) is 0 Å². The smallest absolute Gasteiger partial charge is 0.367 e. The summed E-state index contributed by atoms with van der Waals surface area (Å²) in [5, 5.41) is 1.05. The number of alkyl halides is 3. The highest BCUT2D eigenvalue weighted by atomic mass is 19.4.